The fourth-order valence-corrected chi connectivity index (χ4v) is 5.63. The fraction of sp³-hybridized carbons (Fsp3) is 0.440. The molecule has 2 atom stereocenters. The summed E-state index contributed by atoms with van der Waals surface area (Å²) in [5.74, 6) is 1.76. The summed E-state index contributed by atoms with van der Waals surface area (Å²) >= 11 is 0. The quantitative estimate of drug-likeness (QED) is 0.629. The van der Waals surface area contributed by atoms with Crippen LogP contribution in [0.1, 0.15) is 12.5 Å². The number of nitrogens with two attached hydrogens (primary N) is 1. The first-order chi connectivity index (χ1) is 16.6. The molecule has 9 nitrogen and oxygen atoms in total. The number of nitriles is 1. The number of nitrogens with zero attached hydrogens (tertiary/aromatic N) is 8. The first kappa shape index (κ1) is 21.1. The van der Waals surface area contributed by atoms with E-state index < -0.39 is 0 Å². The van der Waals surface area contributed by atoms with E-state index in [1.54, 1.807) is 6.20 Å². The van der Waals surface area contributed by atoms with Crippen molar-refractivity contribution in [2.75, 3.05) is 60.5 Å². The lowest BCUT2D eigenvalue weighted by atomic mass is 10.0. The van der Waals surface area contributed by atoms with Crippen LogP contribution < -0.4 is 20.4 Å². The molecular formula is C25H29N9. The number of piperazine rings is 2. The van der Waals surface area contributed by atoms with E-state index in [0.29, 0.717) is 17.6 Å². The van der Waals surface area contributed by atoms with Gasteiger partial charge in [0.05, 0.1) is 11.1 Å². The van der Waals surface area contributed by atoms with Gasteiger partial charge in [0.2, 0.25) is 5.95 Å². The lowest BCUT2D eigenvalue weighted by molar-refractivity contribution is 0.108. The summed E-state index contributed by atoms with van der Waals surface area (Å²) in [6, 6.07) is 13.3. The molecule has 2 unspecified atom stereocenters. The van der Waals surface area contributed by atoms with Crippen molar-refractivity contribution >= 4 is 28.4 Å². The van der Waals surface area contributed by atoms with E-state index in [0.717, 1.165) is 74.2 Å². The predicted octanol–water partition coefficient (Wildman–Crippen LogP) is 1.44. The smallest absolute Gasteiger partial charge is 0.227 e. The van der Waals surface area contributed by atoms with Gasteiger partial charge < -0.3 is 20.4 Å². The number of aromatic nitrogens is 3. The molecule has 9 heteroatoms. The Morgan fingerprint density at radius 2 is 1.79 bits per heavy atom. The Hall–Kier alpha value is -3.48. The van der Waals surface area contributed by atoms with E-state index in [4.69, 9.17) is 10.7 Å². The van der Waals surface area contributed by atoms with Crippen LogP contribution in [0.3, 0.4) is 0 Å². The summed E-state index contributed by atoms with van der Waals surface area (Å²) in [4.78, 5) is 23.6. The van der Waals surface area contributed by atoms with Crippen molar-refractivity contribution in [3.05, 3.63) is 48.3 Å². The van der Waals surface area contributed by atoms with Crippen molar-refractivity contribution in [1.29, 1.82) is 5.26 Å². The van der Waals surface area contributed by atoms with E-state index in [9.17, 15) is 5.26 Å². The summed E-state index contributed by atoms with van der Waals surface area (Å²) in [6.07, 6.45) is 3.62. The average Bonchev–Trinajstić information content (AvgIpc) is 2.86. The van der Waals surface area contributed by atoms with Crippen LogP contribution in [-0.2, 0) is 0 Å². The molecule has 5 heterocycles. The molecule has 3 aliphatic heterocycles. The second-order valence-corrected chi connectivity index (χ2v) is 9.62. The third-order valence-corrected chi connectivity index (χ3v) is 7.36. The number of anilines is 3. The van der Waals surface area contributed by atoms with Gasteiger partial charge in [-0.05, 0) is 37.3 Å². The highest BCUT2D eigenvalue weighted by Gasteiger charge is 2.37. The SMILES string of the molecule is CC1CN(c2ccc(C#N)c3ncccc23)CC2CN(c3nccc(N4CC(N)C4)n3)CCN12. The van der Waals surface area contributed by atoms with Crippen LogP contribution in [0.4, 0.5) is 17.5 Å². The lowest BCUT2D eigenvalue weighted by Gasteiger charge is -2.51. The highest BCUT2D eigenvalue weighted by atomic mass is 15.4. The molecule has 174 valence electrons. The highest BCUT2D eigenvalue weighted by molar-refractivity contribution is 5.95. The molecule has 3 aliphatic rings. The zero-order chi connectivity index (χ0) is 23.2. The number of hydrogen-bond donors (Lipinski definition) is 1. The molecule has 0 aliphatic carbocycles. The van der Waals surface area contributed by atoms with Gasteiger partial charge in [0.1, 0.15) is 11.9 Å². The maximum atomic E-state index is 9.52. The van der Waals surface area contributed by atoms with Crippen molar-refractivity contribution in [1.82, 2.24) is 19.9 Å². The molecule has 2 aromatic heterocycles. The molecule has 3 saturated heterocycles. The van der Waals surface area contributed by atoms with Crippen molar-refractivity contribution < 1.29 is 0 Å². The monoisotopic (exact) mass is 455 g/mol. The van der Waals surface area contributed by atoms with Crippen LogP contribution in [0.25, 0.3) is 10.9 Å². The van der Waals surface area contributed by atoms with Gasteiger partial charge in [0.25, 0.3) is 0 Å². The van der Waals surface area contributed by atoms with Gasteiger partial charge in [0.15, 0.2) is 0 Å². The van der Waals surface area contributed by atoms with Crippen LogP contribution >= 0.6 is 0 Å². The van der Waals surface area contributed by atoms with E-state index in [-0.39, 0.29) is 6.04 Å². The molecule has 0 spiro atoms. The number of benzene rings is 1. The third-order valence-electron chi connectivity index (χ3n) is 7.36. The Morgan fingerprint density at radius 1 is 0.941 bits per heavy atom. The Balaban J connectivity index is 1.25. The van der Waals surface area contributed by atoms with Crippen LogP contribution in [0, 0.1) is 11.3 Å². The topological polar surface area (TPSA) is 101 Å². The van der Waals surface area contributed by atoms with E-state index in [2.05, 4.69) is 54.7 Å². The second kappa shape index (κ2) is 8.38. The van der Waals surface area contributed by atoms with Gasteiger partial charge in [0, 0.05) is 87.4 Å². The Labute approximate surface area is 199 Å². The molecule has 2 N–H and O–H groups in total. The Kier molecular flexibility index (Phi) is 5.20. The molecule has 0 radical (unpaired) electrons. The third kappa shape index (κ3) is 3.59. The number of rotatable bonds is 3. The van der Waals surface area contributed by atoms with Crippen LogP contribution in [0.15, 0.2) is 42.7 Å². The number of pyridine rings is 1. The molecule has 0 saturated carbocycles. The highest BCUT2D eigenvalue weighted by Crippen LogP contribution is 2.32. The van der Waals surface area contributed by atoms with Crippen molar-refractivity contribution in [3.63, 3.8) is 0 Å². The molecule has 3 fully saturated rings. The largest absolute Gasteiger partial charge is 0.368 e. The van der Waals surface area contributed by atoms with Gasteiger partial charge in [-0.3, -0.25) is 9.88 Å². The molecule has 1 aromatic carbocycles. The summed E-state index contributed by atoms with van der Waals surface area (Å²) < 4.78 is 0. The van der Waals surface area contributed by atoms with Gasteiger partial charge in [-0.25, -0.2) is 4.98 Å². The standard InChI is InChI=1S/C25H29N9/c1-17-12-32(22-5-4-18(11-26)24-21(22)3-2-7-28-24)16-20-15-31(9-10-34(17)20)25-29-8-6-23(30-25)33-13-19(27)14-33/h2-8,17,19-20H,9-10,12-16,27H2,1H3. The summed E-state index contributed by atoms with van der Waals surface area (Å²) in [5.41, 5.74) is 8.51. The predicted molar refractivity (Wildman–Crippen MR) is 133 cm³/mol. The van der Waals surface area contributed by atoms with Crippen LogP contribution in [0.2, 0.25) is 0 Å². The molecule has 0 amide bonds. The normalized spacial score (nSPS) is 23.5. The fourth-order valence-electron chi connectivity index (χ4n) is 5.63. The number of fused-ring (bicyclic) bond motifs is 2. The molecule has 3 aromatic rings. The van der Waals surface area contributed by atoms with Gasteiger partial charge >= 0.3 is 0 Å². The molecule has 6 rings (SSSR count). The number of hydrogen-bond acceptors (Lipinski definition) is 9. The lowest BCUT2D eigenvalue weighted by Crippen LogP contribution is -2.65. The van der Waals surface area contributed by atoms with Crippen molar-refractivity contribution in [2.45, 2.75) is 25.0 Å². The molecule has 0 bridgehead atoms. The minimum Gasteiger partial charge on any atom is -0.368 e. The van der Waals surface area contributed by atoms with Gasteiger partial charge in [-0.15, -0.1) is 0 Å². The molecule has 34 heavy (non-hydrogen) atoms. The van der Waals surface area contributed by atoms with Crippen molar-refractivity contribution in [3.8, 4) is 6.07 Å². The first-order valence-electron chi connectivity index (χ1n) is 12.0. The van der Waals surface area contributed by atoms with Crippen molar-refractivity contribution in [2.24, 2.45) is 5.73 Å². The van der Waals surface area contributed by atoms with E-state index in [1.807, 2.05) is 24.4 Å². The summed E-state index contributed by atoms with van der Waals surface area (Å²) in [6.45, 7) is 8.69. The average molecular weight is 456 g/mol. The van der Waals surface area contributed by atoms with E-state index in [1.165, 1.54) is 0 Å². The Bertz CT molecular complexity index is 1250. The zero-order valence-electron chi connectivity index (χ0n) is 19.4. The second-order valence-electron chi connectivity index (χ2n) is 9.62. The summed E-state index contributed by atoms with van der Waals surface area (Å²) in [5, 5.41) is 10.6. The minimum atomic E-state index is 0.241. The Morgan fingerprint density at radius 3 is 2.62 bits per heavy atom. The van der Waals surface area contributed by atoms with Crippen LogP contribution in [-0.4, -0.2) is 83.8 Å². The van der Waals surface area contributed by atoms with Gasteiger partial charge in [-0.1, -0.05) is 0 Å². The van der Waals surface area contributed by atoms with Crippen LogP contribution in [0.5, 0.6) is 0 Å². The first-order valence-corrected chi connectivity index (χ1v) is 12.0. The summed E-state index contributed by atoms with van der Waals surface area (Å²) in [7, 11) is 0. The maximum absolute atomic E-state index is 9.52. The van der Waals surface area contributed by atoms with E-state index >= 15 is 0 Å². The molecular weight excluding hydrogens is 426 g/mol. The van der Waals surface area contributed by atoms with Gasteiger partial charge in [-0.2, -0.15) is 10.2 Å². The maximum Gasteiger partial charge on any atom is 0.227 e. The zero-order valence-corrected chi connectivity index (χ0v) is 19.4. The minimum absolute atomic E-state index is 0.241.